The Morgan fingerprint density at radius 3 is 2.52 bits per heavy atom. The first-order valence-electron chi connectivity index (χ1n) is 9.68. The molecule has 27 heavy (non-hydrogen) atoms. The van der Waals surface area contributed by atoms with Crippen molar-refractivity contribution < 1.29 is 13.2 Å². The van der Waals surface area contributed by atoms with Crippen LogP contribution in [0, 0.1) is 0 Å². The summed E-state index contributed by atoms with van der Waals surface area (Å²) >= 11 is 0. The number of fused-ring (bicyclic) bond motifs is 1. The van der Waals surface area contributed by atoms with Crippen molar-refractivity contribution in [3.8, 4) is 5.75 Å². The third-order valence-electron chi connectivity index (χ3n) is 5.60. The fourth-order valence-electron chi connectivity index (χ4n) is 3.98. The number of hydrogen-bond donors (Lipinski definition) is 1. The zero-order valence-corrected chi connectivity index (χ0v) is 17.2. The molecule has 2 atom stereocenters. The van der Waals surface area contributed by atoms with Crippen LogP contribution in [-0.2, 0) is 9.84 Å². The monoisotopic (exact) mass is 387 g/mol. The average molecular weight is 388 g/mol. The van der Waals surface area contributed by atoms with Gasteiger partial charge >= 0.3 is 0 Å². The summed E-state index contributed by atoms with van der Waals surface area (Å²) in [5.41, 5.74) is 1.40. The molecule has 0 spiro atoms. The highest BCUT2D eigenvalue weighted by atomic mass is 32.2. The van der Waals surface area contributed by atoms with Crippen molar-refractivity contribution in [1.82, 2.24) is 5.32 Å². The van der Waals surface area contributed by atoms with Crippen molar-refractivity contribution in [2.24, 2.45) is 0 Å². The Morgan fingerprint density at radius 2 is 1.89 bits per heavy atom. The summed E-state index contributed by atoms with van der Waals surface area (Å²) in [5.74, 6) is 0.795. The summed E-state index contributed by atoms with van der Waals surface area (Å²) in [5, 5.41) is 3.76. The number of hydrogen-bond acceptors (Lipinski definition) is 4. The van der Waals surface area contributed by atoms with E-state index in [1.54, 1.807) is 19.2 Å². The molecule has 1 aliphatic rings. The molecule has 5 heteroatoms. The highest BCUT2D eigenvalue weighted by Crippen LogP contribution is 2.39. The van der Waals surface area contributed by atoms with Crippen LogP contribution in [0.4, 0.5) is 0 Å². The summed E-state index contributed by atoms with van der Waals surface area (Å²) in [7, 11) is -1.81. The van der Waals surface area contributed by atoms with Gasteiger partial charge in [-0.25, -0.2) is 8.42 Å². The van der Waals surface area contributed by atoms with E-state index in [-0.39, 0.29) is 11.8 Å². The van der Waals surface area contributed by atoms with Gasteiger partial charge in [0, 0.05) is 5.54 Å². The van der Waals surface area contributed by atoms with Gasteiger partial charge in [-0.05, 0) is 42.2 Å². The van der Waals surface area contributed by atoms with Gasteiger partial charge in [0.25, 0.3) is 0 Å². The fourth-order valence-corrected chi connectivity index (χ4v) is 6.10. The first kappa shape index (κ1) is 19.9. The summed E-state index contributed by atoms with van der Waals surface area (Å²) in [6.07, 6.45) is 3.65. The lowest BCUT2D eigenvalue weighted by atomic mass is 9.88. The predicted octanol–water partition coefficient (Wildman–Crippen LogP) is 4.50. The molecule has 0 bridgehead atoms. The molecule has 0 saturated carbocycles. The van der Waals surface area contributed by atoms with Crippen molar-refractivity contribution in [3.05, 3.63) is 59.7 Å². The lowest BCUT2D eigenvalue weighted by molar-refractivity contribution is 0.294. The van der Waals surface area contributed by atoms with Crippen LogP contribution in [0.2, 0.25) is 0 Å². The van der Waals surface area contributed by atoms with Crippen LogP contribution < -0.4 is 10.1 Å². The molecule has 0 amide bonds. The zero-order valence-electron chi connectivity index (χ0n) is 16.4. The van der Waals surface area contributed by atoms with Gasteiger partial charge < -0.3 is 4.74 Å². The van der Waals surface area contributed by atoms with Gasteiger partial charge in [0.05, 0.1) is 23.8 Å². The van der Waals surface area contributed by atoms with E-state index < -0.39 is 15.4 Å². The molecule has 2 aromatic rings. The summed E-state index contributed by atoms with van der Waals surface area (Å²) in [6, 6.07) is 15.2. The Morgan fingerprint density at radius 1 is 1.15 bits per heavy atom. The quantitative estimate of drug-likeness (QED) is 0.793. The van der Waals surface area contributed by atoms with Crippen LogP contribution in [0.3, 0.4) is 0 Å². The zero-order chi connectivity index (χ0) is 19.5. The lowest BCUT2D eigenvalue weighted by Gasteiger charge is -2.36. The van der Waals surface area contributed by atoms with Gasteiger partial charge in [0.1, 0.15) is 5.75 Å². The van der Waals surface area contributed by atoms with Gasteiger partial charge in [-0.15, -0.1) is 0 Å². The number of rotatable bonds is 6. The minimum Gasteiger partial charge on any atom is -0.497 e. The first-order chi connectivity index (χ1) is 12.9. The summed E-state index contributed by atoms with van der Waals surface area (Å²) in [4.78, 5) is 0.413. The maximum Gasteiger partial charge on any atom is 0.180 e. The van der Waals surface area contributed by atoms with E-state index in [2.05, 4.69) is 31.3 Å². The molecule has 146 valence electrons. The van der Waals surface area contributed by atoms with Gasteiger partial charge in [0.15, 0.2) is 9.84 Å². The highest BCUT2D eigenvalue weighted by molar-refractivity contribution is 7.91. The topological polar surface area (TPSA) is 55.4 Å². The molecule has 1 aliphatic heterocycles. The summed E-state index contributed by atoms with van der Waals surface area (Å²) in [6.45, 7) is 4.22. The van der Waals surface area contributed by atoms with Crippen LogP contribution in [0.5, 0.6) is 5.75 Å². The Labute approximate surface area is 162 Å². The number of nitrogens with one attached hydrogen (secondary N) is 1. The minimum atomic E-state index is -3.41. The van der Waals surface area contributed by atoms with Crippen molar-refractivity contribution in [2.45, 2.75) is 56.0 Å². The average Bonchev–Trinajstić information content (AvgIpc) is 2.79. The Hall–Kier alpha value is -1.85. The van der Waals surface area contributed by atoms with Gasteiger partial charge in [0.2, 0.25) is 0 Å². The van der Waals surface area contributed by atoms with Crippen LogP contribution in [0.25, 0.3) is 0 Å². The summed E-state index contributed by atoms with van der Waals surface area (Å²) < 4.78 is 32.0. The second-order valence-electron chi connectivity index (χ2n) is 7.39. The van der Waals surface area contributed by atoms with E-state index in [9.17, 15) is 8.42 Å². The molecule has 1 heterocycles. The van der Waals surface area contributed by atoms with E-state index in [1.165, 1.54) is 0 Å². The number of sulfone groups is 1. The van der Waals surface area contributed by atoms with Crippen molar-refractivity contribution in [3.63, 3.8) is 0 Å². The molecule has 3 rings (SSSR count). The molecule has 4 nitrogen and oxygen atoms in total. The molecule has 0 fully saturated rings. The van der Waals surface area contributed by atoms with Crippen LogP contribution in [0.15, 0.2) is 53.4 Å². The maximum atomic E-state index is 13.3. The fraction of sp³-hybridized carbons (Fsp3) is 0.455. The molecule has 0 unspecified atom stereocenters. The maximum absolute atomic E-state index is 13.3. The minimum absolute atomic E-state index is 0.124. The van der Waals surface area contributed by atoms with Crippen LogP contribution in [-0.4, -0.2) is 26.8 Å². The molecule has 0 saturated heterocycles. The largest absolute Gasteiger partial charge is 0.497 e. The molecular formula is C22H29NO3S. The highest BCUT2D eigenvalue weighted by Gasteiger charge is 2.41. The number of methoxy groups -OCH3 is 1. The predicted molar refractivity (Wildman–Crippen MR) is 109 cm³/mol. The van der Waals surface area contributed by atoms with Gasteiger partial charge in [-0.2, -0.15) is 0 Å². The van der Waals surface area contributed by atoms with Crippen LogP contribution >= 0.6 is 0 Å². The van der Waals surface area contributed by atoms with E-state index in [4.69, 9.17) is 4.74 Å². The normalized spacial score (nSPS) is 24.0. The van der Waals surface area contributed by atoms with Gasteiger partial charge in [-0.1, -0.05) is 57.0 Å². The van der Waals surface area contributed by atoms with E-state index in [0.717, 1.165) is 36.8 Å². The third-order valence-corrected chi connectivity index (χ3v) is 7.57. The second kappa shape index (κ2) is 8.03. The van der Waals surface area contributed by atoms with Crippen molar-refractivity contribution in [2.75, 3.05) is 12.9 Å². The smallest absolute Gasteiger partial charge is 0.180 e. The Balaban J connectivity index is 2.21. The molecular weight excluding hydrogens is 358 g/mol. The molecule has 0 aromatic heterocycles. The second-order valence-corrected chi connectivity index (χ2v) is 9.35. The Kier molecular flexibility index (Phi) is 5.92. The Bertz CT molecular complexity index is 880. The van der Waals surface area contributed by atoms with Crippen LogP contribution in [0.1, 0.15) is 56.7 Å². The van der Waals surface area contributed by atoms with Gasteiger partial charge in [-0.3, -0.25) is 5.32 Å². The molecule has 0 radical (unpaired) electrons. The molecule has 2 aromatic carbocycles. The third kappa shape index (κ3) is 4.04. The lowest BCUT2D eigenvalue weighted by Crippen LogP contribution is -2.50. The van der Waals surface area contributed by atoms with Crippen molar-refractivity contribution >= 4 is 9.84 Å². The standard InChI is InChI=1S/C22H29NO3S/c1-4-6-14-22(5-2)16-27(24,25)20-13-12-18(26-3)15-19(20)21(23-22)17-10-8-7-9-11-17/h7-13,15,21,23H,4-6,14,16H2,1-3H3/t21-,22-/m0/s1. The number of unbranched alkanes of at least 4 members (excludes halogenated alkanes) is 1. The molecule has 0 aliphatic carbocycles. The van der Waals surface area contributed by atoms with E-state index in [1.807, 2.05) is 24.3 Å². The van der Waals surface area contributed by atoms with E-state index in [0.29, 0.717) is 10.6 Å². The number of benzene rings is 2. The molecule has 1 N–H and O–H groups in total. The number of ether oxygens (including phenoxy) is 1. The SMILES string of the molecule is CCCC[C@@]1(CC)CS(=O)(=O)c2ccc(OC)cc2[C@H](c2ccccc2)N1. The van der Waals surface area contributed by atoms with Crippen molar-refractivity contribution in [1.29, 1.82) is 0 Å². The first-order valence-corrected chi connectivity index (χ1v) is 11.3. The van der Waals surface area contributed by atoms with E-state index >= 15 is 0 Å².